The van der Waals surface area contributed by atoms with Crippen molar-refractivity contribution in [2.24, 2.45) is 7.05 Å². The number of carbonyl (C=O) groups excluding carboxylic acids is 1. The summed E-state index contributed by atoms with van der Waals surface area (Å²) in [5.74, 6) is -0.488. The number of aromatic nitrogens is 7. The highest BCUT2D eigenvalue weighted by Gasteiger charge is 2.41. The van der Waals surface area contributed by atoms with Gasteiger partial charge in [-0.1, -0.05) is 0 Å². The summed E-state index contributed by atoms with van der Waals surface area (Å²) in [5.41, 5.74) is 1.95. The van der Waals surface area contributed by atoms with E-state index in [-0.39, 0.29) is 16.6 Å². The lowest BCUT2D eigenvalue weighted by atomic mass is 10.1. The molecule has 0 N–H and O–H groups in total. The highest BCUT2D eigenvalue weighted by molar-refractivity contribution is 7.17. The molecule has 9 nitrogen and oxygen atoms in total. The molecule has 0 aliphatic rings. The molecule has 5 aromatic heterocycles. The normalized spacial score (nSPS) is 11.8. The fraction of sp³-hybridized carbons (Fsp3) is 0.143. The zero-order chi connectivity index (χ0) is 29.8. The van der Waals surface area contributed by atoms with Crippen LogP contribution in [0.5, 0.6) is 0 Å². The van der Waals surface area contributed by atoms with Gasteiger partial charge in [0, 0.05) is 37.6 Å². The number of pyridine rings is 1. The van der Waals surface area contributed by atoms with E-state index >= 15 is 0 Å². The largest absolute Gasteiger partial charge is 0.435 e. The molecule has 0 fully saturated rings. The minimum Gasteiger partial charge on any atom is -0.330 e. The fourth-order valence-corrected chi connectivity index (χ4v) is 5.45. The lowest BCUT2D eigenvalue weighted by Gasteiger charge is -2.14. The Balaban J connectivity index is 1.37. The molecule has 6 aromatic rings. The zero-order valence-electron chi connectivity index (χ0n) is 22.3. The third-order valence-corrected chi connectivity index (χ3v) is 7.73. The number of benzene rings is 1. The number of fused-ring (bicyclic) bond motifs is 1. The van der Waals surface area contributed by atoms with Crippen LogP contribution in [-0.4, -0.2) is 47.1 Å². The maximum atomic E-state index is 13.9. The number of carbonyl (C=O) groups is 1. The number of halogens is 4. The van der Waals surface area contributed by atoms with E-state index in [4.69, 9.17) is 0 Å². The first-order valence-corrected chi connectivity index (χ1v) is 13.3. The molecule has 0 bridgehead atoms. The molecule has 0 aliphatic heterocycles. The topological polar surface area (TPSA) is 94.1 Å². The first-order chi connectivity index (χ1) is 20.0. The van der Waals surface area contributed by atoms with Gasteiger partial charge in [-0.05, 0) is 55.5 Å². The van der Waals surface area contributed by atoms with Gasteiger partial charge in [-0.25, -0.2) is 23.9 Å². The highest BCUT2D eigenvalue weighted by atomic mass is 32.1. The van der Waals surface area contributed by atoms with E-state index in [9.17, 15) is 22.4 Å². The van der Waals surface area contributed by atoms with Crippen LogP contribution in [0.25, 0.3) is 38.9 Å². The van der Waals surface area contributed by atoms with Gasteiger partial charge in [0.05, 0.1) is 17.6 Å². The van der Waals surface area contributed by atoms with Crippen molar-refractivity contribution < 1.29 is 22.4 Å². The number of hydrogen-bond acceptors (Lipinski definition) is 7. The van der Waals surface area contributed by atoms with Crippen LogP contribution >= 0.6 is 11.3 Å². The maximum absolute atomic E-state index is 13.9. The first-order valence-electron chi connectivity index (χ1n) is 12.4. The van der Waals surface area contributed by atoms with Crippen LogP contribution in [0.3, 0.4) is 0 Å². The molecular weight excluding hydrogens is 572 g/mol. The van der Waals surface area contributed by atoms with E-state index in [1.807, 2.05) is 18.5 Å². The number of imidazole rings is 2. The molecule has 0 saturated heterocycles. The van der Waals surface area contributed by atoms with Gasteiger partial charge in [-0.2, -0.15) is 18.3 Å². The third-order valence-electron chi connectivity index (χ3n) is 6.63. The van der Waals surface area contributed by atoms with Gasteiger partial charge in [0.2, 0.25) is 0 Å². The summed E-state index contributed by atoms with van der Waals surface area (Å²) in [6.07, 6.45) is -0.521. The second kappa shape index (κ2) is 10.1. The number of nitrogens with zero attached hydrogens (tertiary/aromatic N) is 8. The molecule has 6 rings (SSSR count). The lowest BCUT2D eigenvalue weighted by Crippen LogP contribution is -2.28. The summed E-state index contributed by atoms with van der Waals surface area (Å²) < 4.78 is 58.5. The quantitative estimate of drug-likeness (QED) is 0.226. The lowest BCUT2D eigenvalue weighted by molar-refractivity contribution is -0.141. The van der Waals surface area contributed by atoms with Crippen LogP contribution in [0.15, 0.2) is 67.1 Å². The van der Waals surface area contributed by atoms with Crippen LogP contribution in [0.4, 0.5) is 23.4 Å². The van der Waals surface area contributed by atoms with Crippen LogP contribution in [-0.2, 0) is 13.2 Å². The molecule has 0 unspecified atom stereocenters. The number of thiazole rings is 1. The van der Waals surface area contributed by atoms with Gasteiger partial charge >= 0.3 is 6.18 Å². The number of amides is 1. The van der Waals surface area contributed by atoms with Crippen molar-refractivity contribution in [2.75, 3.05) is 11.9 Å². The summed E-state index contributed by atoms with van der Waals surface area (Å²) >= 11 is 0.636. The van der Waals surface area contributed by atoms with Gasteiger partial charge in [0.1, 0.15) is 27.2 Å². The third kappa shape index (κ3) is 4.79. The predicted molar refractivity (Wildman–Crippen MR) is 148 cm³/mol. The molecule has 5 heterocycles. The minimum atomic E-state index is -4.85. The molecule has 212 valence electrons. The Morgan fingerprint density at radius 3 is 2.45 bits per heavy atom. The Morgan fingerprint density at radius 2 is 1.76 bits per heavy atom. The second-order valence-electron chi connectivity index (χ2n) is 9.34. The Labute approximate surface area is 239 Å². The molecule has 1 amide bonds. The minimum absolute atomic E-state index is 0.0249. The average molecular weight is 593 g/mol. The summed E-state index contributed by atoms with van der Waals surface area (Å²) in [5, 5.41) is 4.67. The van der Waals surface area contributed by atoms with Crippen molar-refractivity contribution in [3.63, 3.8) is 0 Å². The standard InChI is InChI=1S/C28H20F4N8OS/c1-15-34-22(16-6-8-18(29)9-7-16)23(38(15)2)19-10-11-20-35-21(14-40(20)37-19)39(3)27(41)24-25(28(30,31)32)36-26(42-24)17-5-4-12-33-13-17/h4-14H,1-3H3. The molecule has 0 spiro atoms. The van der Waals surface area contributed by atoms with Crippen molar-refractivity contribution >= 4 is 28.7 Å². The van der Waals surface area contributed by atoms with Gasteiger partial charge < -0.3 is 4.57 Å². The first kappa shape index (κ1) is 27.2. The number of hydrogen-bond donors (Lipinski definition) is 0. The van der Waals surface area contributed by atoms with Crippen LogP contribution in [0.1, 0.15) is 21.2 Å². The maximum Gasteiger partial charge on any atom is 0.435 e. The molecule has 14 heteroatoms. The molecular formula is C28H20F4N8OS. The van der Waals surface area contributed by atoms with Gasteiger partial charge in [0.25, 0.3) is 5.91 Å². The van der Waals surface area contributed by atoms with E-state index in [1.165, 1.54) is 42.3 Å². The van der Waals surface area contributed by atoms with Crippen LogP contribution in [0, 0.1) is 12.7 Å². The average Bonchev–Trinajstić information content (AvgIpc) is 3.68. The van der Waals surface area contributed by atoms with Crippen LogP contribution < -0.4 is 4.90 Å². The van der Waals surface area contributed by atoms with Crippen LogP contribution in [0.2, 0.25) is 0 Å². The Morgan fingerprint density at radius 1 is 1.00 bits per heavy atom. The Kier molecular flexibility index (Phi) is 6.56. The van der Waals surface area contributed by atoms with Crippen molar-refractivity contribution in [1.82, 2.24) is 34.1 Å². The molecule has 0 aliphatic carbocycles. The number of alkyl halides is 3. The summed E-state index contributed by atoms with van der Waals surface area (Å²) in [7, 11) is 3.17. The van der Waals surface area contributed by atoms with E-state index in [2.05, 4.69) is 25.0 Å². The highest BCUT2D eigenvalue weighted by Crippen LogP contribution is 2.38. The van der Waals surface area contributed by atoms with Gasteiger partial charge in [-0.3, -0.25) is 14.7 Å². The summed E-state index contributed by atoms with van der Waals surface area (Å²) in [6, 6.07) is 12.5. The van der Waals surface area contributed by atoms with Crippen molar-refractivity contribution in [1.29, 1.82) is 0 Å². The van der Waals surface area contributed by atoms with Crippen molar-refractivity contribution in [3.05, 3.63) is 89.3 Å². The number of aryl methyl sites for hydroxylation is 1. The Bertz CT molecular complexity index is 1940. The van der Waals surface area contributed by atoms with E-state index in [0.717, 1.165) is 4.90 Å². The van der Waals surface area contributed by atoms with E-state index < -0.39 is 22.7 Å². The SMILES string of the molecule is Cc1nc(-c2ccc(F)cc2)c(-c2ccc3nc(N(C)C(=O)c4sc(-c5cccnc5)nc4C(F)(F)F)cn3n2)n1C. The molecule has 0 atom stereocenters. The number of anilines is 1. The van der Waals surface area contributed by atoms with Gasteiger partial charge in [0.15, 0.2) is 17.2 Å². The van der Waals surface area contributed by atoms with Gasteiger partial charge in [-0.15, -0.1) is 11.3 Å². The molecule has 1 aromatic carbocycles. The smallest absolute Gasteiger partial charge is 0.330 e. The molecule has 42 heavy (non-hydrogen) atoms. The fourth-order valence-electron chi connectivity index (χ4n) is 4.40. The second-order valence-corrected chi connectivity index (χ2v) is 10.3. The molecule has 0 radical (unpaired) electrons. The van der Waals surface area contributed by atoms with E-state index in [1.54, 1.807) is 36.4 Å². The zero-order valence-corrected chi connectivity index (χ0v) is 23.1. The number of rotatable bonds is 5. The van der Waals surface area contributed by atoms with Crippen molar-refractivity contribution in [2.45, 2.75) is 13.1 Å². The molecule has 0 saturated carbocycles. The monoisotopic (exact) mass is 592 g/mol. The summed E-state index contributed by atoms with van der Waals surface area (Å²) in [6.45, 7) is 1.83. The Hall–Kier alpha value is -4.98. The van der Waals surface area contributed by atoms with E-state index in [0.29, 0.717) is 51.0 Å². The summed E-state index contributed by atoms with van der Waals surface area (Å²) in [4.78, 5) is 30.5. The van der Waals surface area contributed by atoms with Crippen molar-refractivity contribution in [3.8, 4) is 33.2 Å². The predicted octanol–water partition coefficient (Wildman–Crippen LogP) is 6.06.